The summed E-state index contributed by atoms with van der Waals surface area (Å²) in [5.41, 5.74) is 9.12. The number of pyridine rings is 1. The van der Waals surface area contributed by atoms with Gasteiger partial charge in [0.2, 0.25) is 0 Å². The Morgan fingerprint density at radius 2 is 1.29 bits per heavy atom. The first-order chi connectivity index (χ1) is 24.3. The number of imidazole rings is 1. The van der Waals surface area contributed by atoms with Crippen LogP contribution >= 0.6 is 0 Å². The van der Waals surface area contributed by atoms with Gasteiger partial charge in [-0.3, -0.25) is 0 Å². The van der Waals surface area contributed by atoms with E-state index in [2.05, 4.69) is 143 Å². The van der Waals surface area contributed by atoms with Crippen molar-refractivity contribution >= 4 is 43.9 Å². The van der Waals surface area contributed by atoms with Crippen molar-refractivity contribution in [1.29, 1.82) is 5.26 Å². The number of nitriles is 1. The third-order valence-corrected chi connectivity index (χ3v) is 9.79. The zero-order valence-electron chi connectivity index (χ0n) is 28.6. The molecule has 5 aromatic carbocycles. The fourth-order valence-electron chi connectivity index (χ4n) is 7.34. The third kappa shape index (κ3) is 5.03. The number of hydrogen-bond acceptors (Lipinski definition) is 2. The van der Waals surface area contributed by atoms with Gasteiger partial charge in [0.15, 0.2) is 0 Å². The molecule has 0 aliphatic rings. The van der Waals surface area contributed by atoms with Gasteiger partial charge < -0.3 is 9.13 Å². The molecular weight excluding hydrogens is 808 g/mol. The van der Waals surface area contributed by atoms with Crippen LogP contribution in [0.3, 0.4) is 0 Å². The molecule has 0 unspecified atom stereocenters. The van der Waals surface area contributed by atoms with E-state index in [4.69, 9.17) is 4.98 Å². The molecular formula is C44H33N6Pt+. The molecule has 0 bridgehead atoms. The van der Waals surface area contributed by atoms with E-state index in [9.17, 15) is 5.26 Å². The summed E-state index contributed by atoms with van der Waals surface area (Å²) < 4.78 is 8.61. The van der Waals surface area contributed by atoms with Gasteiger partial charge >= 0.3 is 21.1 Å². The quantitative estimate of drug-likeness (QED) is 0.131. The molecule has 4 heterocycles. The summed E-state index contributed by atoms with van der Waals surface area (Å²) in [5, 5.41) is 14.5. The molecule has 0 fully saturated rings. The van der Waals surface area contributed by atoms with Crippen molar-refractivity contribution in [2.24, 2.45) is 0 Å². The van der Waals surface area contributed by atoms with E-state index < -0.39 is 0 Å². The second-order valence-electron chi connectivity index (χ2n) is 13.8. The molecule has 0 N–H and O–H groups in total. The molecule has 0 saturated carbocycles. The summed E-state index contributed by atoms with van der Waals surface area (Å²) in [7, 11) is 0. The van der Waals surface area contributed by atoms with Gasteiger partial charge in [0.25, 0.3) is 5.82 Å². The van der Waals surface area contributed by atoms with Crippen LogP contribution in [-0.2, 0) is 26.5 Å². The minimum Gasteiger partial charge on any atom is -0.318 e. The van der Waals surface area contributed by atoms with Crippen LogP contribution in [0.25, 0.3) is 66.6 Å². The van der Waals surface area contributed by atoms with E-state index >= 15 is 0 Å². The largest absolute Gasteiger partial charge is 2.00 e. The van der Waals surface area contributed by atoms with Crippen LogP contribution in [0.2, 0.25) is 0 Å². The fourth-order valence-corrected chi connectivity index (χ4v) is 7.34. The van der Waals surface area contributed by atoms with Gasteiger partial charge in [0.1, 0.15) is 35.4 Å². The normalized spacial score (nSPS) is 11.7. The molecule has 0 amide bonds. The summed E-state index contributed by atoms with van der Waals surface area (Å²) in [4.78, 5) is 5.43. The molecule has 0 aliphatic heterocycles. The number of fused-ring (bicyclic) bond motifs is 6. The van der Waals surface area contributed by atoms with E-state index in [0.717, 1.165) is 66.8 Å². The number of hydrogen-bond donors (Lipinski definition) is 0. The molecule has 4 aromatic heterocycles. The maximum absolute atomic E-state index is 10.9. The number of rotatable bonds is 4. The molecule has 51 heavy (non-hydrogen) atoms. The van der Waals surface area contributed by atoms with Crippen molar-refractivity contribution in [1.82, 2.24) is 18.7 Å². The average Bonchev–Trinajstić information content (AvgIpc) is 3.80. The zero-order valence-corrected chi connectivity index (χ0v) is 30.9. The Bertz CT molecular complexity index is 2810. The predicted molar refractivity (Wildman–Crippen MR) is 200 cm³/mol. The van der Waals surface area contributed by atoms with Crippen LogP contribution in [0.5, 0.6) is 0 Å². The molecule has 0 spiro atoms. The van der Waals surface area contributed by atoms with Gasteiger partial charge in [0, 0.05) is 34.2 Å². The van der Waals surface area contributed by atoms with Crippen molar-refractivity contribution in [2.75, 3.05) is 0 Å². The Morgan fingerprint density at radius 3 is 1.90 bits per heavy atom. The van der Waals surface area contributed by atoms with Crippen molar-refractivity contribution in [3.05, 3.63) is 157 Å². The topological polar surface area (TPSA) is 55.4 Å². The molecule has 248 valence electrons. The van der Waals surface area contributed by atoms with Crippen LogP contribution in [0.15, 0.2) is 128 Å². The van der Waals surface area contributed by atoms with E-state index in [1.807, 2.05) is 48.5 Å². The average molecular weight is 841 g/mol. The molecule has 0 radical (unpaired) electrons. The van der Waals surface area contributed by atoms with Gasteiger partial charge in [-0.25, -0.2) is 9.55 Å². The Kier molecular flexibility index (Phi) is 7.78. The van der Waals surface area contributed by atoms with Crippen LogP contribution in [0, 0.1) is 30.4 Å². The summed E-state index contributed by atoms with van der Waals surface area (Å²) in [6, 6.07) is 49.0. The number of benzene rings is 5. The van der Waals surface area contributed by atoms with Crippen LogP contribution in [-0.4, -0.2) is 18.7 Å². The summed E-state index contributed by atoms with van der Waals surface area (Å²) in [6.07, 6.45) is 4.18. The number of nitrogens with zero attached hydrogens (tertiary/aromatic N) is 6. The van der Waals surface area contributed by atoms with Crippen LogP contribution in [0.4, 0.5) is 0 Å². The molecule has 7 heteroatoms. The van der Waals surface area contributed by atoms with Crippen molar-refractivity contribution in [2.45, 2.75) is 33.1 Å². The fraction of sp³-hybridized carbons (Fsp3) is 0.114. The summed E-state index contributed by atoms with van der Waals surface area (Å²) >= 11 is 0. The van der Waals surface area contributed by atoms with E-state index in [1.165, 1.54) is 5.56 Å². The standard InChI is InChI=1S/C44H33N6.Pt/c1-29-47(31-23-21-30(22-24-31)44(2,3)4)25-26-48(29)33-15-12-16-34(27-33)50-39-20-11-9-18-36(39)41-37(28-45)40-35-17-8-10-19-38(35)49(42(40)46-43(41)50)32-13-6-5-7-14-32;/h5-13,15-26H,1-4H3;/q-1;+2. The van der Waals surface area contributed by atoms with Crippen LogP contribution in [0.1, 0.15) is 37.7 Å². The van der Waals surface area contributed by atoms with Gasteiger partial charge in [-0.15, -0.1) is 24.3 Å². The van der Waals surface area contributed by atoms with Gasteiger partial charge in [-0.1, -0.05) is 80.7 Å². The molecule has 9 aromatic rings. The number of aromatic nitrogens is 5. The molecule has 9 rings (SSSR count). The van der Waals surface area contributed by atoms with E-state index in [1.54, 1.807) is 0 Å². The number of para-hydroxylation sites is 3. The maximum Gasteiger partial charge on any atom is 2.00 e. The van der Waals surface area contributed by atoms with Gasteiger partial charge in [-0.2, -0.15) is 40.2 Å². The smallest absolute Gasteiger partial charge is 0.318 e. The molecule has 0 atom stereocenters. The third-order valence-electron chi connectivity index (χ3n) is 9.79. The molecule has 6 nitrogen and oxygen atoms in total. The first kappa shape index (κ1) is 32.4. The zero-order chi connectivity index (χ0) is 34.1. The minimum absolute atomic E-state index is 0. The van der Waals surface area contributed by atoms with E-state index in [0.29, 0.717) is 11.2 Å². The SMILES string of the molecule is Cc1n(-c2[c-]c(-n3c4ccccc4c4c(C#N)c5c6ccccc6n(-c6[c-]cccc6)c5nc43)ccc2)cc[n+]1-c1ccc(C(C)(C)C)cc1.[Pt+2]. The first-order valence-electron chi connectivity index (χ1n) is 16.8. The van der Waals surface area contributed by atoms with Gasteiger partial charge in [0.05, 0.1) is 16.6 Å². The first-order valence-corrected chi connectivity index (χ1v) is 16.8. The summed E-state index contributed by atoms with van der Waals surface area (Å²) in [5.74, 6) is 1.05. The Morgan fingerprint density at radius 1 is 0.706 bits per heavy atom. The monoisotopic (exact) mass is 840 g/mol. The second-order valence-corrected chi connectivity index (χ2v) is 13.8. The Balaban J connectivity index is 0.00000374. The molecule has 0 aliphatic carbocycles. The second kappa shape index (κ2) is 12.2. The van der Waals surface area contributed by atoms with Crippen molar-refractivity contribution < 1.29 is 25.6 Å². The van der Waals surface area contributed by atoms with Crippen LogP contribution < -0.4 is 4.57 Å². The molecule has 0 saturated heterocycles. The summed E-state index contributed by atoms with van der Waals surface area (Å²) in [6.45, 7) is 8.82. The van der Waals surface area contributed by atoms with Gasteiger partial charge in [-0.05, 0) is 35.2 Å². The Hall–Kier alpha value is -5.76. The predicted octanol–water partition coefficient (Wildman–Crippen LogP) is 9.42. The van der Waals surface area contributed by atoms with Crippen molar-refractivity contribution in [3.8, 4) is 28.8 Å². The van der Waals surface area contributed by atoms with E-state index in [-0.39, 0.29) is 26.5 Å². The van der Waals surface area contributed by atoms with Crippen molar-refractivity contribution in [3.63, 3.8) is 0 Å². The minimum atomic E-state index is 0. The Labute approximate surface area is 310 Å². The maximum atomic E-state index is 10.9.